The first-order valence-electron chi connectivity index (χ1n) is 12.9. The van der Waals surface area contributed by atoms with Crippen LogP contribution in [0, 0.1) is 5.92 Å². The molecule has 0 saturated carbocycles. The van der Waals surface area contributed by atoms with Crippen molar-refractivity contribution in [1.29, 1.82) is 0 Å². The number of carbonyl (C=O) groups excluding carboxylic acids is 5. The fraction of sp³-hybridized carbons (Fsp3) is 0.667. The van der Waals surface area contributed by atoms with Gasteiger partial charge in [0, 0.05) is 6.54 Å². The van der Waals surface area contributed by atoms with E-state index >= 15 is 0 Å². The van der Waals surface area contributed by atoms with Crippen molar-refractivity contribution in [2.75, 3.05) is 20.1 Å². The summed E-state index contributed by atoms with van der Waals surface area (Å²) in [6.07, 6.45) is -0.666. The summed E-state index contributed by atoms with van der Waals surface area (Å²) in [7, 11) is 1.37. The molecule has 232 valence electrons. The average molecular weight is 587 g/mol. The van der Waals surface area contributed by atoms with Crippen molar-refractivity contribution in [2.24, 2.45) is 22.4 Å². The molecule has 0 spiro atoms. The number of nitrogens with one attached hydrogen (secondary N) is 5. The van der Waals surface area contributed by atoms with E-state index in [2.05, 4.69) is 31.6 Å². The fourth-order valence-corrected chi connectivity index (χ4v) is 3.55. The van der Waals surface area contributed by atoms with Crippen molar-refractivity contribution < 1.29 is 43.8 Å². The Morgan fingerprint density at radius 3 is 1.80 bits per heavy atom. The van der Waals surface area contributed by atoms with Gasteiger partial charge in [-0.2, -0.15) is 0 Å². The average Bonchev–Trinajstić information content (AvgIpc) is 2.85. The number of nitrogens with two attached hydrogens (primary N) is 2. The van der Waals surface area contributed by atoms with Crippen LogP contribution >= 0.6 is 0 Å². The molecule has 0 aliphatic rings. The third kappa shape index (κ3) is 16.4. The number of Topliss-reactive ketones (excluding diaryl/α,β-unsaturated/α-hetero) is 1. The van der Waals surface area contributed by atoms with E-state index < -0.39 is 79.1 Å². The van der Waals surface area contributed by atoms with E-state index in [0.717, 1.165) is 0 Å². The second-order valence-electron chi connectivity index (χ2n) is 9.69. The van der Waals surface area contributed by atoms with Gasteiger partial charge in [0.25, 0.3) is 0 Å². The van der Waals surface area contributed by atoms with Gasteiger partial charge in [-0.3, -0.25) is 38.6 Å². The van der Waals surface area contributed by atoms with Crippen LogP contribution in [-0.4, -0.2) is 102 Å². The van der Waals surface area contributed by atoms with E-state index in [1.54, 1.807) is 13.8 Å². The minimum Gasteiger partial charge on any atom is -0.481 e. The normalized spacial score (nSPS) is 13.6. The van der Waals surface area contributed by atoms with Gasteiger partial charge in [-0.05, 0) is 39.2 Å². The molecule has 0 aliphatic heterocycles. The number of carbonyl (C=O) groups is 7. The topological polar surface area (TPSA) is 284 Å². The van der Waals surface area contributed by atoms with E-state index in [1.807, 2.05) is 0 Å². The lowest BCUT2D eigenvalue weighted by Gasteiger charge is -2.25. The first kappa shape index (κ1) is 36.7. The zero-order valence-electron chi connectivity index (χ0n) is 23.7. The molecular weight excluding hydrogens is 544 g/mol. The zero-order valence-corrected chi connectivity index (χ0v) is 23.7. The van der Waals surface area contributed by atoms with Crippen molar-refractivity contribution >= 4 is 47.3 Å². The molecule has 11 N–H and O–H groups in total. The fourth-order valence-electron chi connectivity index (χ4n) is 3.55. The number of carboxylic acids is 2. The Bertz CT molecular complexity index is 982. The van der Waals surface area contributed by atoms with Crippen LogP contribution in [0.5, 0.6) is 0 Å². The van der Waals surface area contributed by atoms with E-state index in [4.69, 9.17) is 16.6 Å². The molecule has 0 unspecified atom stereocenters. The Morgan fingerprint density at radius 1 is 0.780 bits per heavy atom. The largest absolute Gasteiger partial charge is 0.481 e. The van der Waals surface area contributed by atoms with Crippen molar-refractivity contribution in [2.45, 2.75) is 77.0 Å². The van der Waals surface area contributed by atoms with Crippen molar-refractivity contribution in [3.8, 4) is 0 Å². The van der Waals surface area contributed by atoms with Crippen molar-refractivity contribution in [1.82, 2.24) is 26.6 Å². The first-order chi connectivity index (χ1) is 19.1. The van der Waals surface area contributed by atoms with Crippen molar-refractivity contribution in [3.05, 3.63) is 0 Å². The lowest BCUT2D eigenvalue weighted by molar-refractivity contribution is -0.141. The third-order valence-electron chi connectivity index (χ3n) is 5.59. The molecule has 17 heteroatoms. The summed E-state index contributed by atoms with van der Waals surface area (Å²) in [5, 5.41) is 30.2. The van der Waals surface area contributed by atoms with Crippen LogP contribution in [-0.2, 0) is 33.6 Å². The Labute approximate surface area is 237 Å². The number of aliphatic carboxylic acids is 2. The van der Waals surface area contributed by atoms with E-state index in [0.29, 0.717) is 6.42 Å². The molecule has 0 fully saturated rings. The summed E-state index contributed by atoms with van der Waals surface area (Å²) in [6, 6.07) is -4.83. The summed E-state index contributed by atoms with van der Waals surface area (Å²) in [5.74, 6) is -6.61. The molecule has 0 aromatic carbocycles. The van der Waals surface area contributed by atoms with E-state index in [1.165, 1.54) is 14.0 Å². The van der Waals surface area contributed by atoms with Gasteiger partial charge >= 0.3 is 11.9 Å². The van der Waals surface area contributed by atoms with Crippen LogP contribution in [0.2, 0.25) is 0 Å². The summed E-state index contributed by atoms with van der Waals surface area (Å²) in [5.41, 5.74) is 10.5. The molecule has 4 amide bonds. The highest BCUT2D eigenvalue weighted by molar-refractivity contribution is 5.96. The number of carboxylic acid groups (broad SMARTS) is 2. The quantitative estimate of drug-likeness (QED) is 0.0387. The molecule has 0 aromatic heterocycles. The monoisotopic (exact) mass is 586 g/mol. The second-order valence-corrected chi connectivity index (χ2v) is 9.69. The molecular formula is C24H42N8O9. The molecule has 17 nitrogen and oxygen atoms in total. The molecule has 0 rings (SSSR count). The lowest BCUT2D eigenvalue weighted by Crippen LogP contribution is -2.57. The maximum Gasteiger partial charge on any atom is 0.305 e. The van der Waals surface area contributed by atoms with Gasteiger partial charge in [0.05, 0.1) is 31.5 Å². The van der Waals surface area contributed by atoms with Gasteiger partial charge in [-0.1, -0.05) is 13.8 Å². The van der Waals surface area contributed by atoms with Gasteiger partial charge in [0.1, 0.15) is 12.1 Å². The Balaban J connectivity index is 5.37. The van der Waals surface area contributed by atoms with Gasteiger partial charge < -0.3 is 48.3 Å². The Kier molecular flexibility index (Phi) is 16.9. The lowest BCUT2D eigenvalue weighted by atomic mass is 10.0. The standard InChI is InChI=1S/C24H42N8O9/c1-12(2)8-16(31-22(40)15(27-4)9-19(35)36)23(41)32-17(10-20(37)38)21(39)29-11-18(34)30-14(13(3)33)6-5-7-28-24(25)26/h12,14-17,27H,5-11H2,1-4H3,(H,29,39)(H,30,34)(H,31,40)(H,32,41)(H,35,36)(H,37,38)(H4,25,26,28)/t14-,15-,16-,17-/m0/s1. The predicted molar refractivity (Wildman–Crippen MR) is 146 cm³/mol. The summed E-state index contributed by atoms with van der Waals surface area (Å²) in [4.78, 5) is 88.7. The number of nitrogens with zero attached hydrogens (tertiary/aromatic N) is 1. The van der Waals surface area contributed by atoms with Crippen LogP contribution in [0.25, 0.3) is 0 Å². The van der Waals surface area contributed by atoms with Crippen LogP contribution in [0.3, 0.4) is 0 Å². The molecule has 0 aromatic rings. The minimum atomic E-state index is -1.61. The number of amides is 4. The maximum absolute atomic E-state index is 13.0. The molecule has 0 saturated heterocycles. The summed E-state index contributed by atoms with van der Waals surface area (Å²) >= 11 is 0. The minimum absolute atomic E-state index is 0.0977. The number of hydrogen-bond donors (Lipinski definition) is 9. The highest BCUT2D eigenvalue weighted by Gasteiger charge is 2.31. The number of aliphatic imine (C=N–C) groups is 1. The summed E-state index contributed by atoms with van der Waals surface area (Å²) < 4.78 is 0. The Morgan fingerprint density at radius 2 is 1.32 bits per heavy atom. The number of likely N-dealkylation sites (N-methyl/N-ethyl adjacent to an activating group) is 1. The molecule has 0 heterocycles. The molecule has 0 radical (unpaired) electrons. The van der Waals surface area contributed by atoms with Crippen LogP contribution in [0.1, 0.15) is 52.9 Å². The van der Waals surface area contributed by atoms with Gasteiger partial charge in [-0.15, -0.1) is 0 Å². The van der Waals surface area contributed by atoms with Crippen LogP contribution in [0.15, 0.2) is 4.99 Å². The molecule has 0 bridgehead atoms. The van der Waals surface area contributed by atoms with Gasteiger partial charge in [-0.25, -0.2) is 0 Å². The highest BCUT2D eigenvalue weighted by Crippen LogP contribution is 2.07. The predicted octanol–water partition coefficient (Wildman–Crippen LogP) is -3.22. The van der Waals surface area contributed by atoms with E-state index in [-0.39, 0.29) is 37.0 Å². The number of hydrogen-bond acceptors (Lipinski definition) is 9. The third-order valence-corrected chi connectivity index (χ3v) is 5.59. The maximum atomic E-state index is 13.0. The molecule has 0 aliphatic carbocycles. The second kappa shape index (κ2) is 18.9. The number of rotatable bonds is 20. The SMILES string of the molecule is CN[C@@H](CC(=O)O)C(=O)N[C@@H](CC(C)C)C(=O)N[C@@H](CC(=O)O)C(=O)NCC(=O)N[C@@H](CCCN=C(N)N)C(C)=O. The molecule has 41 heavy (non-hydrogen) atoms. The van der Waals surface area contributed by atoms with Crippen molar-refractivity contribution in [3.63, 3.8) is 0 Å². The Hall–Kier alpha value is -4.28. The number of guanidine groups is 1. The van der Waals surface area contributed by atoms with Gasteiger partial charge in [0.15, 0.2) is 11.7 Å². The molecule has 4 atom stereocenters. The number of ketones is 1. The van der Waals surface area contributed by atoms with Crippen LogP contribution in [0.4, 0.5) is 0 Å². The van der Waals surface area contributed by atoms with Gasteiger partial charge in [0.2, 0.25) is 23.6 Å². The van der Waals surface area contributed by atoms with Crippen LogP contribution < -0.4 is 38.1 Å². The summed E-state index contributed by atoms with van der Waals surface area (Å²) in [6.45, 7) is 4.41. The first-order valence-corrected chi connectivity index (χ1v) is 12.9. The highest BCUT2D eigenvalue weighted by atomic mass is 16.4. The zero-order chi connectivity index (χ0) is 31.7. The van der Waals surface area contributed by atoms with E-state index in [9.17, 15) is 38.7 Å². The smallest absolute Gasteiger partial charge is 0.305 e.